The molecular formula is C22H26N2O2. The molecule has 0 spiro atoms. The highest BCUT2D eigenvalue weighted by Gasteiger charge is 2.40. The van der Waals surface area contributed by atoms with Crippen LogP contribution < -0.4 is 5.73 Å². The van der Waals surface area contributed by atoms with Crippen molar-refractivity contribution in [1.82, 2.24) is 4.90 Å². The quantitative estimate of drug-likeness (QED) is 0.925. The van der Waals surface area contributed by atoms with Crippen molar-refractivity contribution in [3.63, 3.8) is 0 Å². The van der Waals surface area contributed by atoms with E-state index in [0.29, 0.717) is 13.1 Å². The Morgan fingerprint density at radius 3 is 2.31 bits per heavy atom. The van der Waals surface area contributed by atoms with Gasteiger partial charge in [-0.15, -0.1) is 0 Å². The third kappa shape index (κ3) is 3.39. The maximum absolute atomic E-state index is 13.3. The summed E-state index contributed by atoms with van der Waals surface area (Å²) in [4.78, 5) is 15.3. The molecule has 136 valence electrons. The van der Waals surface area contributed by atoms with Crippen molar-refractivity contribution in [2.24, 2.45) is 11.7 Å². The summed E-state index contributed by atoms with van der Waals surface area (Å²) in [5.74, 6) is 0.278. The van der Waals surface area contributed by atoms with Crippen LogP contribution in [0.2, 0.25) is 0 Å². The Morgan fingerprint density at radius 2 is 1.62 bits per heavy atom. The first-order valence-corrected chi connectivity index (χ1v) is 9.50. The lowest BCUT2D eigenvalue weighted by Crippen LogP contribution is -2.40. The van der Waals surface area contributed by atoms with Crippen LogP contribution in [0.4, 0.5) is 0 Å². The Labute approximate surface area is 155 Å². The number of ether oxygens (including phenoxy) is 1. The van der Waals surface area contributed by atoms with Crippen LogP contribution in [-0.4, -0.2) is 36.5 Å². The van der Waals surface area contributed by atoms with Crippen molar-refractivity contribution in [1.29, 1.82) is 0 Å². The second-order valence-corrected chi connectivity index (χ2v) is 7.38. The lowest BCUT2D eigenvalue weighted by Gasteiger charge is -2.33. The van der Waals surface area contributed by atoms with Gasteiger partial charge in [-0.2, -0.15) is 0 Å². The second-order valence-electron chi connectivity index (χ2n) is 7.38. The number of hydrogen-bond acceptors (Lipinski definition) is 3. The van der Waals surface area contributed by atoms with E-state index in [1.807, 2.05) is 41.3 Å². The molecule has 4 atom stereocenters. The first kappa shape index (κ1) is 17.3. The largest absolute Gasteiger partial charge is 0.373 e. The number of rotatable bonds is 3. The molecule has 0 bridgehead atoms. The molecule has 2 unspecified atom stereocenters. The summed E-state index contributed by atoms with van der Waals surface area (Å²) in [7, 11) is 0. The van der Waals surface area contributed by atoms with E-state index in [-0.39, 0.29) is 29.9 Å². The molecule has 2 aliphatic rings. The smallest absolute Gasteiger partial charge is 0.228 e. The van der Waals surface area contributed by atoms with Crippen molar-refractivity contribution >= 4 is 5.91 Å². The Kier molecular flexibility index (Phi) is 5.05. The van der Waals surface area contributed by atoms with E-state index in [9.17, 15) is 4.79 Å². The van der Waals surface area contributed by atoms with Crippen LogP contribution in [-0.2, 0) is 9.53 Å². The lowest BCUT2D eigenvalue weighted by atomic mass is 9.88. The zero-order valence-electron chi connectivity index (χ0n) is 15.0. The first-order valence-electron chi connectivity index (χ1n) is 9.50. The molecule has 0 aliphatic carbocycles. The van der Waals surface area contributed by atoms with Crippen LogP contribution in [0, 0.1) is 5.92 Å². The molecule has 0 radical (unpaired) electrons. The van der Waals surface area contributed by atoms with Crippen molar-refractivity contribution < 1.29 is 9.53 Å². The Hall–Kier alpha value is -2.17. The molecule has 2 N–H and O–H groups in total. The van der Waals surface area contributed by atoms with Crippen LogP contribution in [0.3, 0.4) is 0 Å². The van der Waals surface area contributed by atoms with Crippen LogP contribution >= 0.6 is 0 Å². The topological polar surface area (TPSA) is 55.6 Å². The number of likely N-dealkylation sites (tertiary alicyclic amines) is 1. The molecule has 1 amide bonds. The predicted molar refractivity (Wildman–Crippen MR) is 102 cm³/mol. The molecule has 0 saturated carbocycles. The van der Waals surface area contributed by atoms with E-state index in [1.54, 1.807) is 0 Å². The maximum Gasteiger partial charge on any atom is 0.228 e. The van der Waals surface area contributed by atoms with E-state index in [0.717, 1.165) is 25.0 Å². The summed E-state index contributed by atoms with van der Waals surface area (Å²) in [6, 6.07) is 20.4. The van der Waals surface area contributed by atoms with E-state index in [1.165, 1.54) is 5.56 Å². The highest BCUT2D eigenvalue weighted by Crippen LogP contribution is 2.36. The number of carbonyl (C=O) groups is 1. The normalized spacial score (nSPS) is 28.9. The maximum atomic E-state index is 13.3. The van der Waals surface area contributed by atoms with Gasteiger partial charge in [0.1, 0.15) is 0 Å². The zero-order valence-corrected chi connectivity index (χ0v) is 15.0. The highest BCUT2D eigenvalue weighted by atomic mass is 16.5. The SMILES string of the molecule is N[C@@H]1CN(C(=O)C2CCCOC2c2ccccc2)C[C@H]1c1ccccc1. The van der Waals surface area contributed by atoms with Gasteiger partial charge in [0.15, 0.2) is 0 Å². The molecule has 2 aromatic carbocycles. The van der Waals surface area contributed by atoms with Crippen LogP contribution in [0.5, 0.6) is 0 Å². The van der Waals surface area contributed by atoms with Gasteiger partial charge < -0.3 is 15.4 Å². The summed E-state index contributed by atoms with van der Waals surface area (Å²) in [5.41, 5.74) is 8.70. The standard InChI is InChI=1S/C22H26N2O2/c23-20-15-24(14-19(20)16-8-3-1-4-9-16)22(25)18-12-7-13-26-21(18)17-10-5-2-6-11-17/h1-6,8-11,18-21H,7,12-15,23H2/t18?,19-,20+,21?/m0/s1. The molecule has 2 heterocycles. The third-order valence-corrected chi connectivity index (χ3v) is 5.67. The monoisotopic (exact) mass is 350 g/mol. The minimum absolute atomic E-state index is 0.0129. The van der Waals surface area contributed by atoms with Gasteiger partial charge in [-0.05, 0) is 24.0 Å². The number of nitrogens with two attached hydrogens (primary N) is 1. The molecule has 2 fully saturated rings. The second kappa shape index (κ2) is 7.60. The first-order chi connectivity index (χ1) is 12.7. The van der Waals surface area contributed by atoms with Crippen molar-refractivity contribution in [3.8, 4) is 0 Å². The molecule has 2 aliphatic heterocycles. The summed E-state index contributed by atoms with van der Waals surface area (Å²) >= 11 is 0. The van der Waals surface area contributed by atoms with Gasteiger partial charge in [-0.1, -0.05) is 60.7 Å². The fourth-order valence-corrected chi connectivity index (χ4v) is 4.30. The average molecular weight is 350 g/mol. The molecule has 2 aromatic rings. The van der Waals surface area contributed by atoms with Gasteiger partial charge in [0.2, 0.25) is 5.91 Å². The van der Waals surface area contributed by atoms with Gasteiger partial charge in [-0.25, -0.2) is 0 Å². The van der Waals surface area contributed by atoms with Crippen LogP contribution in [0.15, 0.2) is 60.7 Å². The average Bonchev–Trinajstić information content (AvgIpc) is 3.10. The number of carbonyl (C=O) groups excluding carboxylic acids is 1. The van der Waals surface area contributed by atoms with Gasteiger partial charge in [0.05, 0.1) is 12.0 Å². The number of hydrogen-bond donors (Lipinski definition) is 1. The summed E-state index contributed by atoms with van der Waals surface area (Å²) in [5, 5.41) is 0. The molecule has 4 heteroatoms. The third-order valence-electron chi connectivity index (χ3n) is 5.67. The van der Waals surface area contributed by atoms with E-state index >= 15 is 0 Å². The fraction of sp³-hybridized carbons (Fsp3) is 0.409. The van der Waals surface area contributed by atoms with Crippen LogP contribution in [0.25, 0.3) is 0 Å². The number of benzene rings is 2. The number of nitrogens with zero attached hydrogens (tertiary/aromatic N) is 1. The summed E-state index contributed by atoms with van der Waals surface area (Å²) < 4.78 is 6.02. The van der Waals surface area contributed by atoms with Crippen molar-refractivity contribution in [2.75, 3.05) is 19.7 Å². The molecular weight excluding hydrogens is 324 g/mol. The molecule has 2 saturated heterocycles. The van der Waals surface area contributed by atoms with Gasteiger partial charge in [0, 0.05) is 31.7 Å². The van der Waals surface area contributed by atoms with Gasteiger partial charge >= 0.3 is 0 Å². The predicted octanol–water partition coefficient (Wildman–Crippen LogP) is 3.11. The van der Waals surface area contributed by atoms with Crippen molar-refractivity contribution in [3.05, 3.63) is 71.8 Å². The van der Waals surface area contributed by atoms with Crippen molar-refractivity contribution in [2.45, 2.75) is 30.9 Å². The Bertz CT molecular complexity index is 734. The zero-order chi connectivity index (χ0) is 17.9. The Morgan fingerprint density at radius 1 is 0.962 bits per heavy atom. The van der Waals surface area contributed by atoms with Crippen LogP contribution in [0.1, 0.15) is 36.0 Å². The number of amides is 1. The summed E-state index contributed by atoms with van der Waals surface area (Å²) in [6.45, 7) is 2.04. The molecule has 4 rings (SSSR count). The highest BCUT2D eigenvalue weighted by molar-refractivity contribution is 5.80. The van der Waals surface area contributed by atoms with Gasteiger partial charge in [0.25, 0.3) is 0 Å². The molecule has 4 nitrogen and oxygen atoms in total. The molecule has 26 heavy (non-hydrogen) atoms. The van der Waals surface area contributed by atoms with E-state index in [2.05, 4.69) is 24.3 Å². The van der Waals surface area contributed by atoms with E-state index in [4.69, 9.17) is 10.5 Å². The lowest BCUT2D eigenvalue weighted by molar-refractivity contribution is -0.144. The van der Waals surface area contributed by atoms with Gasteiger partial charge in [-0.3, -0.25) is 4.79 Å². The fourth-order valence-electron chi connectivity index (χ4n) is 4.30. The minimum Gasteiger partial charge on any atom is -0.373 e. The summed E-state index contributed by atoms with van der Waals surface area (Å²) in [6.07, 6.45) is 1.66. The Balaban J connectivity index is 1.51. The molecule has 0 aromatic heterocycles. The van der Waals surface area contributed by atoms with E-state index < -0.39 is 0 Å². The minimum atomic E-state index is -0.149.